The summed E-state index contributed by atoms with van der Waals surface area (Å²) < 4.78 is 0. The Morgan fingerprint density at radius 3 is 2.53 bits per heavy atom. The molecule has 1 aliphatic heterocycles. The van der Waals surface area contributed by atoms with Crippen molar-refractivity contribution < 1.29 is 9.59 Å². The highest BCUT2D eigenvalue weighted by Crippen LogP contribution is 2.23. The van der Waals surface area contributed by atoms with Gasteiger partial charge in [0.2, 0.25) is 11.8 Å². The molecule has 0 radical (unpaired) electrons. The van der Waals surface area contributed by atoms with Crippen LogP contribution in [0, 0.1) is 11.8 Å². The molecule has 2 atom stereocenters. The monoisotopic (exact) mass is 240 g/mol. The molecule has 2 amide bonds. The molecule has 0 unspecified atom stereocenters. The first-order chi connectivity index (χ1) is 7.91. The van der Waals surface area contributed by atoms with Crippen LogP contribution in [-0.2, 0) is 9.59 Å². The average Bonchev–Trinajstić information content (AvgIpc) is 2.26. The van der Waals surface area contributed by atoms with Gasteiger partial charge in [-0.25, -0.2) is 0 Å². The standard InChI is InChI=1S/C13H24N2O2/c1-9(2)4-7-12(16)15-8-11(13(14)17)6-5-10(15)3/h9-11H,4-8H2,1-3H3,(H2,14,17)/t10-,11-/m0/s1. The zero-order chi connectivity index (χ0) is 13.0. The largest absolute Gasteiger partial charge is 0.369 e. The van der Waals surface area contributed by atoms with E-state index in [1.54, 1.807) is 0 Å². The van der Waals surface area contributed by atoms with E-state index < -0.39 is 0 Å². The first-order valence-electron chi connectivity index (χ1n) is 6.50. The number of amides is 2. The Labute approximate surface area is 104 Å². The van der Waals surface area contributed by atoms with E-state index in [9.17, 15) is 9.59 Å². The Bertz CT molecular complexity index is 289. The molecule has 0 aliphatic carbocycles. The predicted octanol–water partition coefficient (Wildman–Crippen LogP) is 1.53. The van der Waals surface area contributed by atoms with E-state index >= 15 is 0 Å². The molecule has 1 saturated heterocycles. The molecule has 17 heavy (non-hydrogen) atoms. The summed E-state index contributed by atoms with van der Waals surface area (Å²) in [6.45, 7) is 6.77. The average molecular weight is 240 g/mol. The molecule has 0 saturated carbocycles. The number of rotatable bonds is 4. The van der Waals surface area contributed by atoms with Gasteiger partial charge in [0.25, 0.3) is 0 Å². The lowest BCUT2D eigenvalue weighted by atomic mass is 9.92. The lowest BCUT2D eigenvalue weighted by Crippen LogP contribution is -2.48. The molecule has 0 bridgehead atoms. The Morgan fingerprint density at radius 2 is 2.00 bits per heavy atom. The van der Waals surface area contributed by atoms with E-state index in [0.29, 0.717) is 18.9 Å². The van der Waals surface area contributed by atoms with Crippen LogP contribution in [0.1, 0.15) is 46.5 Å². The maximum atomic E-state index is 12.1. The summed E-state index contributed by atoms with van der Waals surface area (Å²) in [4.78, 5) is 25.1. The second-order valence-electron chi connectivity index (χ2n) is 5.50. The second kappa shape index (κ2) is 6.03. The van der Waals surface area contributed by atoms with Crippen molar-refractivity contribution in [2.45, 2.75) is 52.5 Å². The fraction of sp³-hybridized carbons (Fsp3) is 0.846. The van der Waals surface area contributed by atoms with Gasteiger partial charge < -0.3 is 10.6 Å². The van der Waals surface area contributed by atoms with Crippen molar-refractivity contribution in [3.8, 4) is 0 Å². The normalized spacial score (nSPS) is 25.1. The zero-order valence-electron chi connectivity index (χ0n) is 11.1. The molecular weight excluding hydrogens is 216 g/mol. The molecule has 1 rings (SSSR count). The van der Waals surface area contributed by atoms with Crippen LogP contribution in [0.3, 0.4) is 0 Å². The number of carbonyl (C=O) groups excluding carboxylic acids is 2. The minimum atomic E-state index is -0.279. The lowest BCUT2D eigenvalue weighted by molar-refractivity contribution is -0.137. The summed E-state index contributed by atoms with van der Waals surface area (Å²) in [6, 6.07) is 0.241. The van der Waals surface area contributed by atoms with Crippen LogP contribution in [0.2, 0.25) is 0 Å². The zero-order valence-corrected chi connectivity index (χ0v) is 11.1. The van der Waals surface area contributed by atoms with E-state index in [1.165, 1.54) is 0 Å². The highest BCUT2D eigenvalue weighted by Gasteiger charge is 2.31. The first kappa shape index (κ1) is 14.0. The van der Waals surface area contributed by atoms with E-state index in [-0.39, 0.29) is 23.8 Å². The van der Waals surface area contributed by atoms with Gasteiger partial charge in [-0.2, -0.15) is 0 Å². The number of hydrogen-bond donors (Lipinski definition) is 1. The van der Waals surface area contributed by atoms with Crippen LogP contribution in [0.15, 0.2) is 0 Å². The van der Waals surface area contributed by atoms with Gasteiger partial charge in [0.1, 0.15) is 0 Å². The van der Waals surface area contributed by atoms with E-state index in [4.69, 9.17) is 5.73 Å². The minimum Gasteiger partial charge on any atom is -0.369 e. The van der Waals surface area contributed by atoms with Crippen molar-refractivity contribution in [3.05, 3.63) is 0 Å². The summed E-state index contributed by atoms with van der Waals surface area (Å²) in [5.74, 6) is 0.260. The SMILES string of the molecule is CC(C)CCC(=O)N1C[C@@H](C(N)=O)CC[C@@H]1C. The van der Waals surface area contributed by atoms with Crippen LogP contribution in [0.25, 0.3) is 0 Å². The van der Waals surface area contributed by atoms with Crippen LogP contribution in [0.4, 0.5) is 0 Å². The number of likely N-dealkylation sites (tertiary alicyclic amines) is 1. The molecule has 4 heteroatoms. The van der Waals surface area contributed by atoms with Crippen LogP contribution in [-0.4, -0.2) is 29.3 Å². The van der Waals surface area contributed by atoms with Crippen LogP contribution >= 0.6 is 0 Å². The number of nitrogens with two attached hydrogens (primary N) is 1. The minimum absolute atomic E-state index is 0.158. The summed E-state index contributed by atoms with van der Waals surface area (Å²) in [7, 11) is 0. The van der Waals surface area contributed by atoms with Crippen molar-refractivity contribution in [2.24, 2.45) is 17.6 Å². The summed E-state index contributed by atoms with van der Waals surface area (Å²) in [6.07, 6.45) is 3.17. The predicted molar refractivity (Wildman–Crippen MR) is 67.2 cm³/mol. The molecule has 0 spiro atoms. The maximum absolute atomic E-state index is 12.1. The fourth-order valence-corrected chi connectivity index (χ4v) is 2.24. The third-order valence-electron chi connectivity index (χ3n) is 3.54. The van der Waals surface area contributed by atoms with Gasteiger partial charge in [-0.15, -0.1) is 0 Å². The van der Waals surface area contributed by atoms with Gasteiger partial charge in [0, 0.05) is 19.0 Å². The molecule has 1 fully saturated rings. The molecule has 0 aromatic heterocycles. The quantitative estimate of drug-likeness (QED) is 0.810. The van der Waals surface area contributed by atoms with Crippen LogP contribution in [0.5, 0.6) is 0 Å². The van der Waals surface area contributed by atoms with E-state index in [1.807, 2.05) is 11.8 Å². The van der Waals surface area contributed by atoms with Gasteiger partial charge in [-0.1, -0.05) is 13.8 Å². The summed E-state index contributed by atoms with van der Waals surface area (Å²) >= 11 is 0. The smallest absolute Gasteiger partial charge is 0.222 e. The molecule has 0 aromatic rings. The number of primary amides is 1. The third kappa shape index (κ3) is 4.02. The summed E-state index contributed by atoms with van der Waals surface area (Å²) in [5.41, 5.74) is 5.32. The Hall–Kier alpha value is -1.06. The van der Waals surface area contributed by atoms with Gasteiger partial charge in [0.15, 0.2) is 0 Å². The van der Waals surface area contributed by atoms with E-state index in [2.05, 4.69) is 13.8 Å². The van der Waals surface area contributed by atoms with Crippen LogP contribution < -0.4 is 5.73 Å². The fourth-order valence-electron chi connectivity index (χ4n) is 2.24. The molecule has 98 valence electrons. The van der Waals surface area contributed by atoms with Crippen molar-refractivity contribution in [3.63, 3.8) is 0 Å². The van der Waals surface area contributed by atoms with Crippen molar-refractivity contribution in [1.29, 1.82) is 0 Å². The van der Waals surface area contributed by atoms with E-state index in [0.717, 1.165) is 19.3 Å². The van der Waals surface area contributed by atoms with Gasteiger partial charge in [0.05, 0.1) is 5.92 Å². The lowest BCUT2D eigenvalue weighted by Gasteiger charge is -2.37. The van der Waals surface area contributed by atoms with Crippen molar-refractivity contribution >= 4 is 11.8 Å². The van der Waals surface area contributed by atoms with Crippen molar-refractivity contribution in [2.75, 3.05) is 6.54 Å². The van der Waals surface area contributed by atoms with Gasteiger partial charge in [-0.3, -0.25) is 9.59 Å². The Kier molecular flexibility index (Phi) is 4.97. The molecule has 1 aliphatic rings. The number of nitrogens with zero attached hydrogens (tertiary/aromatic N) is 1. The third-order valence-corrected chi connectivity index (χ3v) is 3.54. The summed E-state index contributed by atoms with van der Waals surface area (Å²) in [5, 5.41) is 0. The number of hydrogen-bond acceptors (Lipinski definition) is 2. The molecule has 2 N–H and O–H groups in total. The Balaban J connectivity index is 2.54. The topological polar surface area (TPSA) is 63.4 Å². The highest BCUT2D eigenvalue weighted by molar-refractivity contribution is 5.80. The van der Waals surface area contributed by atoms with Gasteiger partial charge in [-0.05, 0) is 32.1 Å². The molecule has 0 aromatic carbocycles. The van der Waals surface area contributed by atoms with Crippen molar-refractivity contribution in [1.82, 2.24) is 4.90 Å². The molecule has 1 heterocycles. The van der Waals surface area contributed by atoms with Gasteiger partial charge >= 0.3 is 0 Å². The Morgan fingerprint density at radius 1 is 1.35 bits per heavy atom. The first-order valence-corrected chi connectivity index (χ1v) is 6.50. The molecular formula is C13H24N2O2. The number of carbonyl (C=O) groups is 2. The molecule has 4 nitrogen and oxygen atoms in total. The highest BCUT2D eigenvalue weighted by atomic mass is 16.2. The second-order valence-corrected chi connectivity index (χ2v) is 5.50. The maximum Gasteiger partial charge on any atom is 0.222 e. The number of piperidine rings is 1.